The molecule has 0 spiro atoms. The van der Waals surface area contributed by atoms with Gasteiger partial charge in [-0.15, -0.1) is 0 Å². The summed E-state index contributed by atoms with van der Waals surface area (Å²) < 4.78 is 0. The molecule has 0 fully saturated rings. The predicted molar refractivity (Wildman–Crippen MR) is 62.8 cm³/mol. The molecule has 0 aliphatic carbocycles. The molecule has 0 aliphatic heterocycles. The fraction of sp³-hybridized carbons (Fsp3) is 0.300. The smallest absolute Gasteiger partial charge is 0.279 e. The van der Waals surface area contributed by atoms with Crippen molar-refractivity contribution in [2.45, 2.75) is 0 Å². The average Bonchev–Trinajstić information content (AvgIpc) is 2.10. The van der Waals surface area contributed by atoms with Crippen LogP contribution in [0.2, 0.25) is 10.0 Å². The second kappa shape index (κ2) is 6.97. The van der Waals surface area contributed by atoms with Crippen molar-refractivity contribution in [3.8, 4) is 0 Å². The summed E-state index contributed by atoms with van der Waals surface area (Å²) in [6, 6.07) is 5.01. The molecule has 2 N–H and O–H groups in total. The van der Waals surface area contributed by atoms with Gasteiger partial charge in [-0.2, -0.15) is 0 Å². The number of hydrogen-bond donors (Lipinski definition) is 2. The first-order chi connectivity index (χ1) is 6.99. The van der Waals surface area contributed by atoms with E-state index in [1.165, 1.54) is 0 Å². The van der Waals surface area contributed by atoms with Gasteiger partial charge >= 0.3 is 0 Å². The van der Waals surface area contributed by atoms with Crippen LogP contribution < -0.4 is 22.6 Å². The van der Waals surface area contributed by atoms with E-state index in [2.05, 4.69) is 5.32 Å². The molecule has 90 valence electrons. The lowest BCUT2D eigenvalue weighted by atomic mass is 10.3. The number of quaternary nitrogens is 1. The summed E-state index contributed by atoms with van der Waals surface area (Å²) >= 11 is 11.6. The summed E-state index contributed by atoms with van der Waals surface area (Å²) in [4.78, 5) is 12.5. The van der Waals surface area contributed by atoms with Crippen molar-refractivity contribution in [2.75, 3.05) is 26.0 Å². The average molecular weight is 284 g/mol. The summed E-state index contributed by atoms with van der Waals surface area (Å²) in [5, 5.41) is 3.65. The van der Waals surface area contributed by atoms with Crippen LogP contribution in [-0.2, 0) is 4.79 Å². The zero-order chi connectivity index (χ0) is 11.4. The van der Waals surface area contributed by atoms with Gasteiger partial charge in [0.25, 0.3) is 5.91 Å². The highest BCUT2D eigenvalue weighted by Crippen LogP contribution is 2.24. The number of benzene rings is 1. The van der Waals surface area contributed by atoms with E-state index >= 15 is 0 Å². The maximum atomic E-state index is 11.4. The molecule has 16 heavy (non-hydrogen) atoms. The standard InChI is InChI=1S/C10H12Cl2N2O.ClH/c1-14(2)6-10(15)13-7-3-4-8(11)9(12)5-7;/h3-5H,6H2,1-2H3,(H,13,15);1H. The Hall–Kier alpha value is -0.480. The largest absolute Gasteiger partial charge is 1.00 e. The molecule has 1 rings (SSSR count). The van der Waals surface area contributed by atoms with E-state index in [1.807, 2.05) is 14.1 Å². The summed E-state index contributed by atoms with van der Waals surface area (Å²) in [6.45, 7) is 0.417. The SMILES string of the molecule is C[NH+](C)CC(=O)Nc1ccc(Cl)c(Cl)c1.[Cl-]. The van der Waals surface area contributed by atoms with Crippen molar-refractivity contribution in [2.24, 2.45) is 0 Å². The Bertz CT molecular complexity index is 369. The molecular formula is C10H13Cl3N2O. The van der Waals surface area contributed by atoms with Gasteiger partial charge in [0.15, 0.2) is 6.54 Å². The van der Waals surface area contributed by atoms with Gasteiger partial charge in [0.05, 0.1) is 24.1 Å². The first-order valence-electron chi connectivity index (χ1n) is 4.53. The topological polar surface area (TPSA) is 33.5 Å². The van der Waals surface area contributed by atoms with Gasteiger partial charge in [0.2, 0.25) is 0 Å². The summed E-state index contributed by atoms with van der Waals surface area (Å²) in [5.74, 6) is -0.0478. The molecular weight excluding hydrogens is 270 g/mol. The van der Waals surface area contributed by atoms with E-state index < -0.39 is 0 Å². The molecule has 6 heteroatoms. The minimum Gasteiger partial charge on any atom is -1.00 e. The Morgan fingerprint density at radius 1 is 1.31 bits per heavy atom. The highest BCUT2D eigenvalue weighted by Gasteiger charge is 2.07. The van der Waals surface area contributed by atoms with Crippen LogP contribution in [0.5, 0.6) is 0 Å². The van der Waals surface area contributed by atoms with Crippen LogP contribution in [0.4, 0.5) is 5.69 Å². The molecule has 0 heterocycles. The molecule has 0 aromatic heterocycles. The monoisotopic (exact) mass is 282 g/mol. The lowest BCUT2D eigenvalue weighted by Crippen LogP contribution is -3.06. The van der Waals surface area contributed by atoms with Crippen LogP contribution in [0.3, 0.4) is 0 Å². The maximum absolute atomic E-state index is 11.4. The number of rotatable bonds is 3. The molecule has 0 unspecified atom stereocenters. The number of nitrogens with one attached hydrogen (secondary N) is 2. The summed E-state index contributed by atoms with van der Waals surface area (Å²) in [6.07, 6.45) is 0. The van der Waals surface area contributed by atoms with E-state index in [-0.39, 0.29) is 18.3 Å². The molecule has 0 radical (unpaired) electrons. The molecule has 0 bridgehead atoms. The molecule has 1 aromatic rings. The fourth-order valence-corrected chi connectivity index (χ4v) is 1.40. The van der Waals surface area contributed by atoms with Crippen molar-refractivity contribution in [3.63, 3.8) is 0 Å². The number of carbonyl (C=O) groups excluding carboxylic acids is 1. The Morgan fingerprint density at radius 2 is 1.94 bits per heavy atom. The van der Waals surface area contributed by atoms with Crippen molar-refractivity contribution in [1.29, 1.82) is 0 Å². The molecule has 1 amide bonds. The Kier molecular flexibility index (Phi) is 6.76. The van der Waals surface area contributed by atoms with Crippen LogP contribution in [0.25, 0.3) is 0 Å². The van der Waals surface area contributed by atoms with Crippen molar-refractivity contribution in [3.05, 3.63) is 28.2 Å². The Labute approximate surface area is 111 Å². The van der Waals surface area contributed by atoms with Gasteiger partial charge in [-0.05, 0) is 18.2 Å². The van der Waals surface area contributed by atoms with Gasteiger partial charge in [-0.3, -0.25) is 4.79 Å². The predicted octanol–water partition coefficient (Wildman–Crippen LogP) is -1.92. The third-order valence-electron chi connectivity index (χ3n) is 1.72. The van der Waals surface area contributed by atoms with Crippen LogP contribution >= 0.6 is 23.2 Å². The number of hydrogen-bond acceptors (Lipinski definition) is 1. The maximum Gasteiger partial charge on any atom is 0.279 e. The molecule has 0 saturated heterocycles. The van der Waals surface area contributed by atoms with E-state index in [0.29, 0.717) is 22.3 Å². The van der Waals surface area contributed by atoms with Crippen LogP contribution in [0.1, 0.15) is 0 Å². The molecule has 0 atom stereocenters. The minimum atomic E-state index is -0.0478. The van der Waals surface area contributed by atoms with Crippen molar-refractivity contribution < 1.29 is 22.1 Å². The van der Waals surface area contributed by atoms with Crippen LogP contribution in [0.15, 0.2) is 18.2 Å². The molecule has 0 aliphatic rings. The third kappa shape index (κ3) is 5.03. The van der Waals surface area contributed by atoms with Gasteiger partial charge in [-0.1, -0.05) is 23.2 Å². The quantitative estimate of drug-likeness (QED) is 0.666. The second-order valence-corrected chi connectivity index (χ2v) is 4.38. The van der Waals surface area contributed by atoms with Crippen LogP contribution in [0, 0.1) is 0 Å². The number of amides is 1. The lowest BCUT2D eigenvalue weighted by molar-refractivity contribution is -0.849. The Balaban J connectivity index is 0.00000225. The van der Waals surface area contributed by atoms with E-state index in [4.69, 9.17) is 23.2 Å². The van der Waals surface area contributed by atoms with Gasteiger partial charge in [-0.25, -0.2) is 0 Å². The number of halogens is 3. The van der Waals surface area contributed by atoms with E-state index in [1.54, 1.807) is 18.2 Å². The first-order valence-corrected chi connectivity index (χ1v) is 5.28. The van der Waals surface area contributed by atoms with E-state index in [0.717, 1.165) is 4.90 Å². The molecule has 3 nitrogen and oxygen atoms in total. The van der Waals surface area contributed by atoms with Crippen molar-refractivity contribution in [1.82, 2.24) is 0 Å². The Morgan fingerprint density at radius 3 is 2.44 bits per heavy atom. The fourth-order valence-electron chi connectivity index (χ4n) is 1.10. The van der Waals surface area contributed by atoms with Gasteiger partial charge < -0.3 is 22.6 Å². The zero-order valence-electron chi connectivity index (χ0n) is 8.98. The normalized spacial score (nSPS) is 9.81. The van der Waals surface area contributed by atoms with Crippen LogP contribution in [-0.4, -0.2) is 26.5 Å². The first kappa shape index (κ1) is 15.5. The van der Waals surface area contributed by atoms with Gasteiger partial charge in [0, 0.05) is 5.69 Å². The summed E-state index contributed by atoms with van der Waals surface area (Å²) in [5.41, 5.74) is 0.663. The highest BCUT2D eigenvalue weighted by atomic mass is 35.5. The molecule has 1 aromatic carbocycles. The van der Waals surface area contributed by atoms with E-state index in [9.17, 15) is 4.79 Å². The zero-order valence-corrected chi connectivity index (χ0v) is 11.2. The third-order valence-corrected chi connectivity index (χ3v) is 2.46. The summed E-state index contributed by atoms with van der Waals surface area (Å²) in [7, 11) is 3.82. The van der Waals surface area contributed by atoms with Gasteiger partial charge in [0.1, 0.15) is 0 Å². The number of anilines is 1. The lowest BCUT2D eigenvalue weighted by Gasteiger charge is -2.08. The number of likely N-dealkylation sites (N-methyl/N-ethyl adjacent to an activating group) is 1. The second-order valence-electron chi connectivity index (χ2n) is 3.56. The minimum absolute atomic E-state index is 0. The molecule has 0 saturated carbocycles. The highest BCUT2D eigenvalue weighted by molar-refractivity contribution is 6.42. The number of carbonyl (C=O) groups is 1. The van der Waals surface area contributed by atoms with Crippen molar-refractivity contribution >= 4 is 34.8 Å².